The molecule has 1 aliphatic heterocycles. The normalized spacial score (nSPS) is 26.4. The smallest absolute Gasteiger partial charge is 0.317 e. The van der Waals surface area contributed by atoms with E-state index in [9.17, 15) is 9.59 Å². The number of carbonyl (C=O) groups is 2. The van der Waals surface area contributed by atoms with Gasteiger partial charge in [-0.05, 0) is 32.6 Å². The van der Waals surface area contributed by atoms with Crippen LogP contribution in [0.5, 0.6) is 0 Å². The van der Waals surface area contributed by atoms with Crippen LogP contribution in [0.3, 0.4) is 0 Å². The largest absolute Gasteiger partial charge is 0.481 e. The van der Waals surface area contributed by atoms with Crippen LogP contribution in [0.1, 0.15) is 39.0 Å². The molecule has 1 unspecified atom stereocenters. The minimum atomic E-state index is -0.779. The summed E-state index contributed by atoms with van der Waals surface area (Å²) in [7, 11) is 0. The van der Waals surface area contributed by atoms with Gasteiger partial charge in [0, 0.05) is 19.1 Å². The second-order valence-corrected chi connectivity index (χ2v) is 5.28. The summed E-state index contributed by atoms with van der Waals surface area (Å²) in [5, 5.41) is 11.9. The van der Waals surface area contributed by atoms with Gasteiger partial charge in [-0.2, -0.15) is 0 Å². The van der Waals surface area contributed by atoms with Crippen molar-refractivity contribution in [2.24, 2.45) is 5.41 Å². The van der Waals surface area contributed by atoms with Crippen molar-refractivity contribution in [3.8, 4) is 0 Å². The Balaban J connectivity index is 1.85. The summed E-state index contributed by atoms with van der Waals surface area (Å²) in [6.45, 7) is 3.08. The molecule has 96 valence electrons. The zero-order chi connectivity index (χ0) is 12.5. The van der Waals surface area contributed by atoms with Crippen LogP contribution in [0.4, 0.5) is 4.79 Å². The Hall–Kier alpha value is -1.26. The van der Waals surface area contributed by atoms with E-state index in [2.05, 4.69) is 5.32 Å². The van der Waals surface area contributed by atoms with Crippen LogP contribution in [-0.4, -0.2) is 41.1 Å². The first-order valence-electron chi connectivity index (χ1n) is 6.33. The fraction of sp³-hybridized carbons (Fsp3) is 0.833. The molecule has 2 aliphatic rings. The van der Waals surface area contributed by atoms with Crippen LogP contribution in [0.15, 0.2) is 0 Å². The second-order valence-electron chi connectivity index (χ2n) is 5.28. The maximum atomic E-state index is 11.9. The lowest BCUT2D eigenvalue weighted by Crippen LogP contribution is -2.51. The molecule has 1 atom stereocenters. The fourth-order valence-electron chi connectivity index (χ4n) is 2.65. The lowest BCUT2D eigenvalue weighted by atomic mass is 9.69. The summed E-state index contributed by atoms with van der Waals surface area (Å²) in [6, 6.07) is 0.166. The summed E-state index contributed by atoms with van der Waals surface area (Å²) in [4.78, 5) is 24.8. The molecule has 0 bridgehead atoms. The van der Waals surface area contributed by atoms with Crippen molar-refractivity contribution in [1.29, 1.82) is 0 Å². The minimum Gasteiger partial charge on any atom is -0.481 e. The summed E-state index contributed by atoms with van der Waals surface area (Å²) < 4.78 is 0. The minimum absolute atomic E-state index is 0.109. The van der Waals surface area contributed by atoms with Gasteiger partial charge in [0.15, 0.2) is 0 Å². The number of urea groups is 1. The molecule has 0 aromatic rings. The molecule has 0 spiro atoms. The molecular formula is C12H20N2O3. The molecule has 1 aliphatic carbocycles. The van der Waals surface area contributed by atoms with Crippen LogP contribution in [0.25, 0.3) is 0 Å². The van der Waals surface area contributed by atoms with E-state index in [4.69, 9.17) is 5.11 Å². The number of nitrogens with one attached hydrogen (secondary N) is 1. The van der Waals surface area contributed by atoms with Gasteiger partial charge < -0.3 is 15.3 Å². The van der Waals surface area contributed by atoms with Gasteiger partial charge in [-0.3, -0.25) is 4.79 Å². The van der Waals surface area contributed by atoms with Crippen molar-refractivity contribution < 1.29 is 14.7 Å². The standard InChI is InChI=1S/C12H20N2O3/c1-9-4-2-7-14(9)11(17)13-8-12(10(15)16)5-3-6-12/h9H,2-8H2,1H3,(H,13,17)(H,15,16). The number of nitrogens with zero attached hydrogens (tertiary/aromatic N) is 1. The van der Waals surface area contributed by atoms with E-state index in [0.717, 1.165) is 25.8 Å². The summed E-state index contributed by atoms with van der Waals surface area (Å²) >= 11 is 0. The maximum Gasteiger partial charge on any atom is 0.317 e. The van der Waals surface area contributed by atoms with Crippen LogP contribution >= 0.6 is 0 Å². The highest BCUT2D eigenvalue weighted by atomic mass is 16.4. The summed E-state index contributed by atoms with van der Waals surface area (Å²) in [5.41, 5.74) is -0.696. The zero-order valence-electron chi connectivity index (χ0n) is 10.2. The average Bonchev–Trinajstić information content (AvgIpc) is 2.62. The van der Waals surface area contributed by atoms with Gasteiger partial charge in [-0.15, -0.1) is 0 Å². The van der Waals surface area contributed by atoms with E-state index in [1.807, 2.05) is 6.92 Å². The monoisotopic (exact) mass is 240 g/mol. The van der Waals surface area contributed by atoms with Crippen LogP contribution in [0, 0.1) is 5.41 Å². The highest BCUT2D eigenvalue weighted by molar-refractivity contribution is 5.79. The van der Waals surface area contributed by atoms with Gasteiger partial charge in [-0.25, -0.2) is 4.79 Å². The van der Waals surface area contributed by atoms with Crippen molar-refractivity contribution >= 4 is 12.0 Å². The third-order valence-electron chi connectivity index (χ3n) is 4.16. The van der Waals surface area contributed by atoms with Crippen molar-refractivity contribution in [3.63, 3.8) is 0 Å². The van der Waals surface area contributed by atoms with Gasteiger partial charge in [0.2, 0.25) is 0 Å². The lowest BCUT2D eigenvalue weighted by Gasteiger charge is -2.38. The van der Waals surface area contributed by atoms with E-state index in [0.29, 0.717) is 12.8 Å². The molecule has 1 saturated heterocycles. The Labute approximate surface area is 101 Å². The highest BCUT2D eigenvalue weighted by Gasteiger charge is 2.44. The molecule has 2 fully saturated rings. The summed E-state index contributed by atoms with van der Waals surface area (Å²) in [6.07, 6.45) is 4.38. The Morgan fingerprint density at radius 2 is 2.12 bits per heavy atom. The maximum absolute atomic E-state index is 11.9. The Morgan fingerprint density at radius 3 is 2.53 bits per heavy atom. The average molecular weight is 240 g/mol. The summed E-state index contributed by atoms with van der Waals surface area (Å²) in [5.74, 6) is -0.779. The van der Waals surface area contributed by atoms with E-state index >= 15 is 0 Å². The Kier molecular flexibility index (Phi) is 3.26. The molecule has 5 nitrogen and oxygen atoms in total. The quantitative estimate of drug-likeness (QED) is 0.784. The molecular weight excluding hydrogens is 220 g/mol. The molecule has 2 rings (SSSR count). The van der Waals surface area contributed by atoms with Crippen molar-refractivity contribution in [2.75, 3.05) is 13.1 Å². The molecule has 1 heterocycles. The topological polar surface area (TPSA) is 69.6 Å². The number of hydrogen-bond donors (Lipinski definition) is 2. The van der Waals surface area contributed by atoms with Gasteiger partial charge >= 0.3 is 12.0 Å². The number of amides is 2. The number of rotatable bonds is 3. The molecule has 1 saturated carbocycles. The molecule has 5 heteroatoms. The SMILES string of the molecule is CC1CCCN1C(=O)NCC1(C(=O)O)CCC1. The van der Waals surface area contributed by atoms with Crippen molar-refractivity contribution in [3.05, 3.63) is 0 Å². The van der Waals surface area contributed by atoms with Crippen LogP contribution in [-0.2, 0) is 4.79 Å². The molecule has 2 amide bonds. The molecule has 0 radical (unpaired) electrons. The number of carboxylic acids is 1. The number of hydrogen-bond acceptors (Lipinski definition) is 2. The molecule has 2 N–H and O–H groups in total. The molecule has 17 heavy (non-hydrogen) atoms. The number of likely N-dealkylation sites (tertiary alicyclic amines) is 1. The van der Waals surface area contributed by atoms with E-state index in [1.165, 1.54) is 0 Å². The van der Waals surface area contributed by atoms with Crippen molar-refractivity contribution in [2.45, 2.75) is 45.1 Å². The molecule has 0 aromatic heterocycles. The Morgan fingerprint density at radius 1 is 1.41 bits per heavy atom. The second kappa shape index (κ2) is 4.55. The van der Waals surface area contributed by atoms with Crippen LogP contribution in [0.2, 0.25) is 0 Å². The fourth-order valence-corrected chi connectivity index (χ4v) is 2.65. The lowest BCUT2D eigenvalue weighted by molar-refractivity contribution is -0.153. The van der Waals surface area contributed by atoms with Gasteiger partial charge in [0.25, 0.3) is 0 Å². The predicted octanol–water partition coefficient (Wildman–Crippen LogP) is 1.44. The third-order valence-corrected chi connectivity index (χ3v) is 4.16. The first-order valence-corrected chi connectivity index (χ1v) is 6.33. The van der Waals surface area contributed by atoms with Gasteiger partial charge in [0.1, 0.15) is 0 Å². The number of carbonyl (C=O) groups excluding carboxylic acids is 1. The van der Waals surface area contributed by atoms with E-state index in [-0.39, 0.29) is 18.6 Å². The first kappa shape index (κ1) is 12.2. The van der Waals surface area contributed by atoms with Crippen LogP contribution < -0.4 is 5.32 Å². The third kappa shape index (κ3) is 2.23. The van der Waals surface area contributed by atoms with Gasteiger partial charge in [0.05, 0.1) is 5.41 Å². The van der Waals surface area contributed by atoms with E-state index in [1.54, 1.807) is 4.90 Å². The first-order chi connectivity index (χ1) is 8.05. The Bertz CT molecular complexity index is 326. The van der Waals surface area contributed by atoms with Crippen molar-refractivity contribution in [1.82, 2.24) is 10.2 Å². The predicted molar refractivity (Wildman–Crippen MR) is 62.7 cm³/mol. The highest BCUT2D eigenvalue weighted by Crippen LogP contribution is 2.40. The number of aliphatic carboxylic acids is 1. The van der Waals surface area contributed by atoms with E-state index < -0.39 is 11.4 Å². The zero-order valence-corrected chi connectivity index (χ0v) is 10.2. The van der Waals surface area contributed by atoms with Gasteiger partial charge in [-0.1, -0.05) is 6.42 Å². The number of carboxylic acid groups (broad SMARTS) is 1. The molecule has 0 aromatic carbocycles.